The first kappa shape index (κ1) is 24.2. The number of rotatable bonds is 2. The summed E-state index contributed by atoms with van der Waals surface area (Å²) in [6.07, 6.45) is 3.90. The SMILES string of the molecule is CC(C)(C)Cc1c2c(cc3c1ccc1ccccc13)-c1nccc3c1c(cc1c(CC(C)(C)C)cccc13)O2. The van der Waals surface area contributed by atoms with E-state index < -0.39 is 0 Å². The Morgan fingerprint density at radius 1 is 0.641 bits per heavy atom. The number of hydrogen-bond acceptors (Lipinski definition) is 2. The highest BCUT2D eigenvalue weighted by molar-refractivity contribution is 6.18. The van der Waals surface area contributed by atoms with E-state index in [1.807, 2.05) is 6.20 Å². The molecule has 2 heteroatoms. The fourth-order valence-electron chi connectivity index (χ4n) is 6.48. The van der Waals surface area contributed by atoms with Crippen molar-refractivity contribution in [1.82, 2.24) is 4.98 Å². The maximum Gasteiger partial charge on any atom is 0.140 e. The zero-order valence-electron chi connectivity index (χ0n) is 23.8. The maximum atomic E-state index is 7.00. The van der Waals surface area contributed by atoms with Gasteiger partial charge in [0, 0.05) is 17.3 Å². The molecule has 5 aromatic carbocycles. The highest BCUT2D eigenvalue weighted by atomic mass is 16.5. The lowest BCUT2D eigenvalue weighted by molar-refractivity contribution is 0.400. The molecule has 0 radical (unpaired) electrons. The molecule has 2 nitrogen and oxygen atoms in total. The van der Waals surface area contributed by atoms with Gasteiger partial charge in [0.1, 0.15) is 11.5 Å². The van der Waals surface area contributed by atoms with E-state index >= 15 is 0 Å². The van der Waals surface area contributed by atoms with E-state index in [2.05, 4.69) is 114 Å². The van der Waals surface area contributed by atoms with Crippen LogP contribution in [0.25, 0.3) is 54.3 Å². The van der Waals surface area contributed by atoms with Crippen LogP contribution in [0.2, 0.25) is 0 Å². The zero-order chi connectivity index (χ0) is 27.1. The van der Waals surface area contributed by atoms with Crippen LogP contribution in [0.5, 0.6) is 11.5 Å². The van der Waals surface area contributed by atoms with Gasteiger partial charge in [-0.25, -0.2) is 0 Å². The van der Waals surface area contributed by atoms with Crippen LogP contribution in [0.4, 0.5) is 0 Å². The lowest BCUT2D eigenvalue weighted by Crippen LogP contribution is -2.12. The average molecular weight is 510 g/mol. The molecule has 1 aliphatic rings. The smallest absolute Gasteiger partial charge is 0.140 e. The van der Waals surface area contributed by atoms with Gasteiger partial charge in [0.25, 0.3) is 0 Å². The molecule has 1 aromatic heterocycles. The Morgan fingerprint density at radius 2 is 1.41 bits per heavy atom. The average Bonchev–Trinajstić information content (AvgIpc) is 2.88. The Kier molecular flexibility index (Phi) is 5.14. The summed E-state index contributed by atoms with van der Waals surface area (Å²) in [6, 6.07) is 26.7. The van der Waals surface area contributed by atoms with Gasteiger partial charge < -0.3 is 4.74 Å². The van der Waals surface area contributed by atoms with Crippen molar-refractivity contribution in [3.63, 3.8) is 0 Å². The lowest BCUT2D eigenvalue weighted by Gasteiger charge is -2.28. The van der Waals surface area contributed by atoms with E-state index in [-0.39, 0.29) is 10.8 Å². The van der Waals surface area contributed by atoms with E-state index in [0.29, 0.717) is 0 Å². The Bertz CT molecular complexity index is 1950. The summed E-state index contributed by atoms with van der Waals surface area (Å²) in [7, 11) is 0. The molecule has 0 bridgehead atoms. The monoisotopic (exact) mass is 509 g/mol. The number of pyridine rings is 1. The van der Waals surface area contributed by atoms with Crippen LogP contribution in [-0.2, 0) is 12.8 Å². The Labute approximate surface area is 230 Å². The molecule has 39 heavy (non-hydrogen) atoms. The third-order valence-electron chi connectivity index (χ3n) is 7.96. The maximum absolute atomic E-state index is 7.00. The molecule has 0 saturated heterocycles. The minimum atomic E-state index is 0.0973. The third-order valence-corrected chi connectivity index (χ3v) is 7.96. The highest BCUT2D eigenvalue weighted by Crippen LogP contribution is 2.52. The summed E-state index contributed by atoms with van der Waals surface area (Å²) in [5.41, 5.74) is 5.05. The normalized spacial score (nSPS) is 13.3. The summed E-state index contributed by atoms with van der Waals surface area (Å²) in [5, 5.41) is 9.95. The quantitative estimate of drug-likeness (QED) is 0.216. The zero-order valence-corrected chi connectivity index (χ0v) is 23.8. The van der Waals surface area contributed by atoms with Gasteiger partial charge in [0.05, 0.1) is 11.1 Å². The standard InChI is InChI=1S/C37H35NO/c1-36(2,3)20-23-11-9-13-25-27-16-17-38-34-30-18-29-24-12-8-7-10-22(24)14-15-26(29)31(21-37(4,5)6)35(30)39-32(33(27)34)19-28(23)25/h7-19H,20-21H2,1-6H3. The van der Waals surface area contributed by atoms with Gasteiger partial charge in [-0.05, 0) is 85.1 Å². The molecule has 0 N–H and O–H groups in total. The van der Waals surface area contributed by atoms with Crippen molar-refractivity contribution in [2.75, 3.05) is 0 Å². The highest BCUT2D eigenvalue weighted by Gasteiger charge is 2.29. The van der Waals surface area contributed by atoms with Crippen LogP contribution in [0.3, 0.4) is 0 Å². The molecule has 6 aromatic rings. The number of fused-ring (bicyclic) bond motifs is 7. The molecule has 0 saturated carbocycles. The van der Waals surface area contributed by atoms with Crippen LogP contribution in [0.15, 0.2) is 79.0 Å². The molecular formula is C37H35NO. The Hall–Kier alpha value is -3.91. The second kappa shape index (κ2) is 8.29. The summed E-state index contributed by atoms with van der Waals surface area (Å²) < 4.78 is 7.00. The minimum Gasteiger partial charge on any atom is -0.456 e. The van der Waals surface area contributed by atoms with Crippen molar-refractivity contribution >= 4 is 43.1 Å². The number of aromatic nitrogens is 1. The van der Waals surface area contributed by atoms with Crippen LogP contribution in [-0.4, -0.2) is 4.98 Å². The fourth-order valence-corrected chi connectivity index (χ4v) is 6.48. The van der Waals surface area contributed by atoms with Gasteiger partial charge in [-0.3, -0.25) is 4.98 Å². The number of ether oxygens (including phenoxy) is 1. The van der Waals surface area contributed by atoms with Crippen molar-refractivity contribution in [2.24, 2.45) is 10.8 Å². The molecule has 0 spiro atoms. The van der Waals surface area contributed by atoms with Gasteiger partial charge in [0.2, 0.25) is 0 Å². The number of benzene rings is 5. The van der Waals surface area contributed by atoms with Crippen molar-refractivity contribution in [2.45, 2.75) is 54.4 Å². The van der Waals surface area contributed by atoms with E-state index in [1.165, 1.54) is 48.8 Å². The van der Waals surface area contributed by atoms with E-state index in [4.69, 9.17) is 9.72 Å². The van der Waals surface area contributed by atoms with Crippen LogP contribution < -0.4 is 4.74 Å². The topological polar surface area (TPSA) is 22.1 Å². The van der Waals surface area contributed by atoms with Crippen molar-refractivity contribution in [3.05, 3.63) is 90.1 Å². The van der Waals surface area contributed by atoms with Gasteiger partial charge in [-0.2, -0.15) is 0 Å². The van der Waals surface area contributed by atoms with Gasteiger partial charge in [-0.1, -0.05) is 96.1 Å². The van der Waals surface area contributed by atoms with Crippen molar-refractivity contribution in [3.8, 4) is 22.8 Å². The van der Waals surface area contributed by atoms with Crippen LogP contribution >= 0.6 is 0 Å². The summed E-state index contributed by atoms with van der Waals surface area (Å²) in [4.78, 5) is 5.01. The van der Waals surface area contributed by atoms with Gasteiger partial charge in [0.15, 0.2) is 0 Å². The van der Waals surface area contributed by atoms with Crippen LogP contribution in [0, 0.1) is 10.8 Å². The Balaban J connectivity index is 1.59. The van der Waals surface area contributed by atoms with E-state index in [0.717, 1.165) is 41.0 Å². The first-order valence-electron chi connectivity index (χ1n) is 14.1. The minimum absolute atomic E-state index is 0.0973. The first-order valence-corrected chi connectivity index (χ1v) is 14.1. The molecule has 7 rings (SSSR count). The summed E-state index contributed by atoms with van der Waals surface area (Å²) in [6.45, 7) is 13.8. The van der Waals surface area contributed by atoms with E-state index in [9.17, 15) is 0 Å². The van der Waals surface area contributed by atoms with Crippen LogP contribution in [0.1, 0.15) is 52.7 Å². The lowest BCUT2D eigenvalue weighted by atomic mass is 9.82. The predicted octanol–water partition coefficient (Wildman–Crippen LogP) is 10.6. The second-order valence-corrected chi connectivity index (χ2v) is 13.7. The molecule has 0 atom stereocenters. The molecule has 2 heterocycles. The predicted molar refractivity (Wildman–Crippen MR) is 166 cm³/mol. The van der Waals surface area contributed by atoms with Gasteiger partial charge >= 0.3 is 0 Å². The van der Waals surface area contributed by atoms with Crippen molar-refractivity contribution in [1.29, 1.82) is 0 Å². The summed E-state index contributed by atoms with van der Waals surface area (Å²) in [5.74, 6) is 1.89. The molecule has 0 aliphatic carbocycles. The molecule has 194 valence electrons. The van der Waals surface area contributed by atoms with Crippen molar-refractivity contribution < 1.29 is 4.74 Å². The number of hydrogen-bond donors (Lipinski definition) is 0. The largest absolute Gasteiger partial charge is 0.456 e. The molecule has 0 unspecified atom stereocenters. The Morgan fingerprint density at radius 3 is 2.21 bits per heavy atom. The molecule has 0 amide bonds. The third kappa shape index (κ3) is 3.97. The first-order chi connectivity index (χ1) is 18.6. The fraction of sp³-hybridized carbons (Fsp3) is 0.270. The summed E-state index contributed by atoms with van der Waals surface area (Å²) >= 11 is 0. The second-order valence-electron chi connectivity index (χ2n) is 13.7. The molecule has 1 aliphatic heterocycles. The number of nitrogens with zero attached hydrogens (tertiary/aromatic N) is 1. The molecular weight excluding hydrogens is 474 g/mol. The van der Waals surface area contributed by atoms with E-state index in [1.54, 1.807) is 0 Å². The molecule has 0 fully saturated rings. The van der Waals surface area contributed by atoms with Gasteiger partial charge in [-0.15, -0.1) is 0 Å².